The summed E-state index contributed by atoms with van der Waals surface area (Å²) in [5.41, 5.74) is 2.68. The Morgan fingerprint density at radius 1 is 1.25 bits per heavy atom. The van der Waals surface area contributed by atoms with Gasteiger partial charge in [0.15, 0.2) is 0 Å². The quantitative estimate of drug-likeness (QED) is 0.858. The van der Waals surface area contributed by atoms with Gasteiger partial charge in [-0.25, -0.2) is 4.98 Å². The maximum absolute atomic E-state index is 11.0. The van der Waals surface area contributed by atoms with E-state index >= 15 is 0 Å². The van der Waals surface area contributed by atoms with Crippen LogP contribution >= 0.6 is 0 Å². The number of nitrogens with zero attached hydrogens (tertiary/aromatic N) is 2. The standard InChI is InChI=1S/C19H21N3O2/c1-4-24-19-20-12-11-18(22-19)10-9-16-5-7-17(8-6-16)13-14(2)21-15(3)23/h5-8,11-12,14H,4,13H2,1-3H3,(H,21,23). The second-order valence-corrected chi connectivity index (χ2v) is 5.41. The zero-order valence-electron chi connectivity index (χ0n) is 14.2. The van der Waals surface area contributed by atoms with Gasteiger partial charge in [-0.05, 0) is 50.0 Å². The number of amides is 1. The summed E-state index contributed by atoms with van der Waals surface area (Å²) >= 11 is 0. The van der Waals surface area contributed by atoms with Crippen molar-refractivity contribution in [2.24, 2.45) is 0 Å². The summed E-state index contributed by atoms with van der Waals surface area (Å²) in [6.45, 7) is 5.92. The third-order valence-corrected chi connectivity index (χ3v) is 3.19. The van der Waals surface area contributed by atoms with Crippen LogP contribution in [0.2, 0.25) is 0 Å². The van der Waals surface area contributed by atoms with E-state index < -0.39 is 0 Å². The van der Waals surface area contributed by atoms with Gasteiger partial charge in [-0.1, -0.05) is 18.1 Å². The molecule has 0 fully saturated rings. The van der Waals surface area contributed by atoms with Gasteiger partial charge in [-0.2, -0.15) is 4.98 Å². The molecule has 1 aromatic heterocycles. The molecule has 5 heteroatoms. The lowest BCUT2D eigenvalue weighted by molar-refractivity contribution is -0.119. The van der Waals surface area contributed by atoms with Gasteiger partial charge in [0, 0.05) is 24.7 Å². The molecule has 0 saturated carbocycles. The molecular formula is C19H21N3O2. The molecule has 1 N–H and O–H groups in total. The Bertz CT molecular complexity index is 745. The molecule has 0 aliphatic carbocycles. The van der Waals surface area contributed by atoms with Gasteiger partial charge in [-0.15, -0.1) is 0 Å². The maximum Gasteiger partial charge on any atom is 0.317 e. The van der Waals surface area contributed by atoms with E-state index in [0.29, 0.717) is 18.3 Å². The highest BCUT2D eigenvalue weighted by atomic mass is 16.5. The van der Waals surface area contributed by atoms with Crippen LogP contribution < -0.4 is 10.1 Å². The van der Waals surface area contributed by atoms with Crippen molar-refractivity contribution in [2.75, 3.05) is 6.61 Å². The molecule has 0 spiro atoms. The molecule has 1 heterocycles. The maximum atomic E-state index is 11.0. The highest BCUT2D eigenvalue weighted by Crippen LogP contribution is 2.07. The van der Waals surface area contributed by atoms with Crippen molar-refractivity contribution < 1.29 is 9.53 Å². The minimum Gasteiger partial charge on any atom is -0.464 e. The van der Waals surface area contributed by atoms with E-state index in [4.69, 9.17) is 4.74 Å². The molecule has 2 aromatic rings. The molecule has 1 unspecified atom stereocenters. The summed E-state index contributed by atoms with van der Waals surface area (Å²) < 4.78 is 5.26. The van der Waals surface area contributed by atoms with Crippen LogP contribution in [0, 0.1) is 11.8 Å². The zero-order valence-corrected chi connectivity index (χ0v) is 14.2. The van der Waals surface area contributed by atoms with Crippen molar-refractivity contribution in [1.82, 2.24) is 15.3 Å². The van der Waals surface area contributed by atoms with Crippen LogP contribution in [0.15, 0.2) is 36.5 Å². The highest BCUT2D eigenvalue weighted by molar-refractivity contribution is 5.73. The molecule has 124 valence electrons. The lowest BCUT2D eigenvalue weighted by Crippen LogP contribution is -2.31. The number of carbonyl (C=O) groups excluding carboxylic acids is 1. The summed E-state index contributed by atoms with van der Waals surface area (Å²) in [7, 11) is 0. The van der Waals surface area contributed by atoms with E-state index in [1.165, 1.54) is 6.92 Å². The molecule has 0 saturated heterocycles. The summed E-state index contributed by atoms with van der Waals surface area (Å²) in [6.07, 6.45) is 2.42. The molecule has 0 radical (unpaired) electrons. The first-order chi connectivity index (χ1) is 11.6. The number of carbonyl (C=O) groups is 1. The largest absolute Gasteiger partial charge is 0.464 e. The SMILES string of the molecule is CCOc1nccc(C#Cc2ccc(CC(C)NC(C)=O)cc2)n1. The normalized spacial score (nSPS) is 11.1. The van der Waals surface area contributed by atoms with Crippen LogP contribution in [0.3, 0.4) is 0 Å². The van der Waals surface area contributed by atoms with Crippen LogP contribution in [0.5, 0.6) is 6.01 Å². The molecule has 24 heavy (non-hydrogen) atoms. The second-order valence-electron chi connectivity index (χ2n) is 5.41. The first-order valence-electron chi connectivity index (χ1n) is 7.90. The highest BCUT2D eigenvalue weighted by Gasteiger charge is 2.04. The average Bonchev–Trinajstić information content (AvgIpc) is 2.54. The summed E-state index contributed by atoms with van der Waals surface area (Å²) in [5, 5.41) is 2.88. The number of benzene rings is 1. The molecule has 5 nitrogen and oxygen atoms in total. The monoisotopic (exact) mass is 323 g/mol. The van der Waals surface area contributed by atoms with Crippen molar-refractivity contribution in [3.8, 4) is 17.9 Å². The number of hydrogen-bond acceptors (Lipinski definition) is 4. The predicted molar refractivity (Wildman–Crippen MR) is 92.6 cm³/mol. The van der Waals surface area contributed by atoms with Gasteiger partial charge in [0.2, 0.25) is 5.91 Å². The molecule has 1 amide bonds. The lowest BCUT2D eigenvalue weighted by atomic mass is 10.1. The zero-order chi connectivity index (χ0) is 17.4. The molecule has 0 aliphatic heterocycles. The fourth-order valence-electron chi connectivity index (χ4n) is 2.22. The predicted octanol–water partition coefficient (Wildman–Crippen LogP) is 2.34. The van der Waals surface area contributed by atoms with Crippen molar-refractivity contribution in [2.45, 2.75) is 33.2 Å². The molecule has 2 rings (SSSR count). The first kappa shape index (κ1) is 17.5. The topological polar surface area (TPSA) is 64.1 Å². The smallest absolute Gasteiger partial charge is 0.317 e. The summed E-state index contributed by atoms with van der Waals surface area (Å²) in [6, 6.07) is 10.2. The van der Waals surface area contributed by atoms with Crippen LogP contribution in [0.25, 0.3) is 0 Å². The Balaban J connectivity index is 2.02. The molecular weight excluding hydrogens is 302 g/mol. The van der Waals surface area contributed by atoms with Gasteiger partial charge in [-0.3, -0.25) is 4.79 Å². The fourth-order valence-corrected chi connectivity index (χ4v) is 2.22. The van der Waals surface area contributed by atoms with E-state index in [2.05, 4.69) is 27.1 Å². The van der Waals surface area contributed by atoms with Crippen molar-refractivity contribution in [3.63, 3.8) is 0 Å². The minimum absolute atomic E-state index is 0.0127. The van der Waals surface area contributed by atoms with E-state index in [9.17, 15) is 4.79 Å². The van der Waals surface area contributed by atoms with E-state index in [0.717, 1.165) is 17.5 Å². The Hall–Kier alpha value is -2.87. The van der Waals surface area contributed by atoms with Gasteiger partial charge in [0.25, 0.3) is 0 Å². The minimum atomic E-state index is -0.0127. The van der Waals surface area contributed by atoms with Crippen LogP contribution in [-0.2, 0) is 11.2 Å². The number of ether oxygens (including phenoxy) is 1. The first-order valence-corrected chi connectivity index (χ1v) is 7.90. The van der Waals surface area contributed by atoms with Crippen molar-refractivity contribution in [1.29, 1.82) is 0 Å². The summed E-state index contributed by atoms with van der Waals surface area (Å²) in [4.78, 5) is 19.3. The van der Waals surface area contributed by atoms with Crippen LogP contribution in [0.1, 0.15) is 37.6 Å². The van der Waals surface area contributed by atoms with Gasteiger partial charge < -0.3 is 10.1 Å². The Morgan fingerprint density at radius 3 is 2.67 bits per heavy atom. The fraction of sp³-hybridized carbons (Fsp3) is 0.316. The average molecular weight is 323 g/mol. The summed E-state index contributed by atoms with van der Waals surface area (Å²) in [5.74, 6) is 6.07. The third kappa shape index (κ3) is 5.73. The third-order valence-electron chi connectivity index (χ3n) is 3.19. The van der Waals surface area contributed by atoms with Gasteiger partial charge in [0.1, 0.15) is 5.69 Å². The second kappa shape index (κ2) is 8.68. The number of nitrogens with one attached hydrogen (secondary N) is 1. The molecule has 0 aliphatic rings. The van der Waals surface area contributed by atoms with E-state index in [1.807, 2.05) is 38.1 Å². The lowest BCUT2D eigenvalue weighted by Gasteiger charge is -2.12. The molecule has 1 atom stereocenters. The number of hydrogen-bond donors (Lipinski definition) is 1. The number of aromatic nitrogens is 2. The van der Waals surface area contributed by atoms with Gasteiger partial charge in [0.05, 0.1) is 6.61 Å². The Labute approximate surface area is 142 Å². The Morgan fingerprint density at radius 2 is 2.00 bits per heavy atom. The Kier molecular flexibility index (Phi) is 6.32. The molecule has 1 aromatic carbocycles. The van der Waals surface area contributed by atoms with E-state index in [1.54, 1.807) is 12.3 Å². The van der Waals surface area contributed by atoms with Gasteiger partial charge >= 0.3 is 6.01 Å². The van der Waals surface area contributed by atoms with Crippen LogP contribution in [0.4, 0.5) is 0 Å². The van der Waals surface area contributed by atoms with Crippen molar-refractivity contribution >= 4 is 5.91 Å². The number of rotatable bonds is 5. The van der Waals surface area contributed by atoms with Crippen LogP contribution in [-0.4, -0.2) is 28.5 Å². The van der Waals surface area contributed by atoms with Crippen molar-refractivity contribution in [3.05, 3.63) is 53.3 Å². The van der Waals surface area contributed by atoms with E-state index in [-0.39, 0.29) is 11.9 Å². The molecule has 0 bridgehead atoms.